The first-order chi connectivity index (χ1) is 11.0. The van der Waals surface area contributed by atoms with Crippen molar-refractivity contribution < 1.29 is 9.53 Å². The Morgan fingerprint density at radius 2 is 2.13 bits per heavy atom. The normalized spacial score (nSPS) is 13.2. The summed E-state index contributed by atoms with van der Waals surface area (Å²) in [4.78, 5) is 12.1. The standard InChI is InChI=1S/C17H24N4O2/c1-12(8-14-6-5-7-16(9-14)23-4)19-17(22)20-13(2)15-10-18-21(3)11-15/h5-7,9-13H,8H2,1-4H3,(H2,19,20,22)/t12-,13+/m1/s1. The van der Waals surface area contributed by atoms with Crippen molar-refractivity contribution in [2.24, 2.45) is 7.05 Å². The van der Waals surface area contributed by atoms with Crippen LogP contribution in [0.2, 0.25) is 0 Å². The van der Waals surface area contributed by atoms with Crippen molar-refractivity contribution in [1.29, 1.82) is 0 Å². The Balaban J connectivity index is 1.84. The molecular formula is C17H24N4O2. The van der Waals surface area contributed by atoms with E-state index in [0.717, 1.165) is 23.3 Å². The first kappa shape index (κ1) is 16.9. The summed E-state index contributed by atoms with van der Waals surface area (Å²) in [6.45, 7) is 3.91. The van der Waals surface area contributed by atoms with Crippen molar-refractivity contribution in [3.63, 3.8) is 0 Å². The van der Waals surface area contributed by atoms with Crippen LogP contribution in [0.1, 0.15) is 31.0 Å². The van der Waals surface area contributed by atoms with Crippen LogP contribution in [0.25, 0.3) is 0 Å². The molecule has 0 saturated carbocycles. The summed E-state index contributed by atoms with van der Waals surface area (Å²) in [5.41, 5.74) is 2.10. The van der Waals surface area contributed by atoms with Gasteiger partial charge in [-0.05, 0) is 38.0 Å². The van der Waals surface area contributed by atoms with Gasteiger partial charge in [-0.15, -0.1) is 0 Å². The van der Waals surface area contributed by atoms with Crippen LogP contribution in [0, 0.1) is 0 Å². The van der Waals surface area contributed by atoms with Crippen LogP contribution in [0.15, 0.2) is 36.7 Å². The van der Waals surface area contributed by atoms with Crippen molar-refractivity contribution in [3.05, 3.63) is 47.8 Å². The van der Waals surface area contributed by atoms with E-state index in [1.807, 2.05) is 51.4 Å². The number of benzene rings is 1. The molecule has 1 aromatic heterocycles. The minimum atomic E-state index is -0.184. The average Bonchev–Trinajstić information content (AvgIpc) is 2.93. The van der Waals surface area contributed by atoms with Crippen LogP contribution in [0.5, 0.6) is 5.75 Å². The van der Waals surface area contributed by atoms with Crippen molar-refractivity contribution in [1.82, 2.24) is 20.4 Å². The van der Waals surface area contributed by atoms with E-state index in [4.69, 9.17) is 4.74 Å². The highest BCUT2D eigenvalue weighted by Crippen LogP contribution is 2.14. The summed E-state index contributed by atoms with van der Waals surface area (Å²) in [5.74, 6) is 0.823. The third-order valence-corrected chi connectivity index (χ3v) is 3.63. The van der Waals surface area contributed by atoms with Gasteiger partial charge in [-0.25, -0.2) is 4.79 Å². The number of aromatic nitrogens is 2. The molecule has 6 heteroatoms. The number of aryl methyl sites for hydroxylation is 1. The molecule has 124 valence electrons. The minimum absolute atomic E-state index is 0.0169. The summed E-state index contributed by atoms with van der Waals surface area (Å²) in [6.07, 6.45) is 4.39. The van der Waals surface area contributed by atoms with E-state index in [0.29, 0.717) is 0 Å². The molecule has 2 N–H and O–H groups in total. The number of rotatable bonds is 6. The second kappa shape index (κ2) is 7.67. The molecule has 2 amide bonds. The molecule has 0 aliphatic carbocycles. The Labute approximate surface area is 136 Å². The summed E-state index contributed by atoms with van der Waals surface area (Å²) < 4.78 is 6.93. The van der Waals surface area contributed by atoms with Crippen LogP contribution in [-0.4, -0.2) is 29.0 Å². The zero-order valence-corrected chi connectivity index (χ0v) is 14.0. The zero-order chi connectivity index (χ0) is 16.8. The number of urea groups is 1. The second-order valence-electron chi connectivity index (χ2n) is 5.74. The molecule has 0 fully saturated rings. The monoisotopic (exact) mass is 316 g/mol. The number of methoxy groups -OCH3 is 1. The van der Waals surface area contributed by atoms with Gasteiger partial charge in [-0.1, -0.05) is 12.1 Å². The highest BCUT2D eigenvalue weighted by Gasteiger charge is 2.13. The van der Waals surface area contributed by atoms with Crippen LogP contribution in [0.3, 0.4) is 0 Å². The first-order valence-electron chi connectivity index (χ1n) is 7.66. The van der Waals surface area contributed by atoms with Gasteiger partial charge in [0, 0.05) is 24.8 Å². The summed E-state index contributed by atoms with van der Waals surface area (Å²) in [7, 11) is 3.50. The molecule has 0 aliphatic rings. The van der Waals surface area contributed by atoms with Gasteiger partial charge >= 0.3 is 6.03 Å². The quantitative estimate of drug-likeness (QED) is 0.860. The zero-order valence-electron chi connectivity index (χ0n) is 14.0. The number of carbonyl (C=O) groups excluding carboxylic acids is 1. The highest BCUT2D eigenvalue weighted by molar-refractivity contribution is 5.74. The summed E-state index contributed by atoms with van der Waals surface area (Å²) in [6, 6.07) is 7.60. The number of nitrogens with zero attached hydrogens (tertiary/aromatic N) is 2. The van der Waals surface area contributed by atoms with Gasteiger partial charge in [0.25, 0.3) is 0 Å². The van der Waals surface area contributed by atoms with Crippen LogP contribution >= 0.6 is 0 Å². The number of carbonyl (C=O) groups is 1. The van der Waals surface area contributed by atoms with Gasteiger partial charge < -0.3 is 15.4 Å². The number of ether oxygens (including phenoxy) is 1. The molecule has 0 spiro atoms. The lowest BCUT2D eigenvalue weighted by atomic mass is 10.1. The Hall–Kier alpha value is -2.50. The fourth-order valence-electron chi connectivity index (χ4n) is 2.41. The van der Waals surface area contributed by atoms with Crippen LogP contribution < -0.4 is 15.4 Å². The molecule has 2 rings (SSSR count). The van der Waals surface area contributed by atoms with E-state index in [2.05, 4.69) is 15.7 Å². The topological polar surface area (TPSA) is 68.2 Å². The van der Waals surface area contributed by atoms with Gasteiger partial charge in [0.2, 0.25) is 0 Å². The summed E-state index contributed by atoms with van der Waals surface area (Å²) >= 11 is 0. The van der Waals surface area contributed by atoms with Crippen LogP contribution in [0.4, 0.5) is 4.79 Å². The van der Waals surface area contributed by atoms with Crippen molar-refractivity contribution >= 4 is 6.03 Å². The SMILES string of the molecule is COc1cccc(C[C@@H](C)NC(=O)N[C@@H](C)c2cnn(C)c2)c1. The van der Waals surface area contributed by atoms with E-state index in [1.165, 1.54) is 0 Å². The third-order valence-electron chi connectivity index (χ3n) is 3.63. The fourth-order valence-corrected chi connectivity index (χ4v) is 2.41. The number of amides is 2. The van der Waals surface area contributed by atoms with Crippen LogP contribution in [-0.2, 0) is 13.5 Å². The van der Waals surface area contributed by atoms with E-state index >= 15 is 0 Å². The Morgan fingerprint density at radius 3 is 2.78 bits per heavy atom. The Morgan fingerprint density at radius 1 is 1.35 bits per heavy atom. The fraction of sp³-hybridized carbons (Fsp3) is 0.412. The molecule has 0 unspecified atom stereocenters. The van der Waals surface area contributed by atoms with Crippen molar-refractivity contribution in [2.45, 2.75) is 32.4 Å². The maximum Gasteiger partial charge on any atom is 0.315 e. The highest BCUT2D eigenvalue weighted by atomic mass is 16.5. The summed E-state index contributed by atoms with van der Waals surface area (Å²) in [5, 5.41) is 9.99. The molecule has 2 aromatic rings. The molecule has 0 saturated heterocycles. The Bertz CT molecular complexity index is 654. The molecular weight excluding hydrogens is 292 g/mol. The third kappa shape index (κ3) is 5.02. The van der Waals surface area contributed by atoms with Gasteiger partial charge in [-0.3, -0.25) is 4.68 Å². The number of hydrogen-bond donors (Lipinski definition) is 2. The molecule has 0 bridgehead atoms. The van der Waals surface area contributed by atoms with E-state index < -0.39 is 0 Å². The van der Waals surface area contributed by atoms with Gasteiger partial charge in [0.15, 0.2) is 0 Å². The molecule has 0 aliphatic heterocycles. The average molecular weight is 316 g/mol. The lowest BCUT2D eigenvalue weighted by Crippen LogP contribution is -2.42. The predicted molar refractivity (Wildman–Crippen MR) is 89.5 cm³/mol. The smallest absolute Gasteiger partial charge is 0.315 e. The van der Waals surface area contributed by atoms with E-state index in [1.54, 1.807) is 18.0 Å². The molecule has 23 heavy (non-hydrogen) atoms. The minimum Gasteiger partial charge on any atom is -0.497 e. The van der Waals surface area contributed by atoms with Crippen molar-refractivity contribution in [2.75, 3.05) is 7.11 Å². The molecule has 1 aromatic carbocycles. The lowest BCUT2D eigenvalue weighted by molar-refractivity contribution is 0.234. The largest absolute Gasteiger partial charge is 0.497 e. The number of hydrogen-bond acceptors (Lipinski definition) is 3. The molecule has 1 heterocycles. The second-order valence-corrected chi connectivity index (χ2v) is 5.74. The molecule has 0 radical (unpaired) electrons. The van der Waals surface area contributed by atoms with Gasteiger partial charge in [0.05, 0.1) is 19.3 Å². The van der Waals surface area contributed by atoms with Gasteiger partial charge in [-0.2, -0.15) is 5.10 Å². The maximum absolute atomic E-state index is 12.1. The van der Waals surface area contributed by atoms with Gasteiger partial charge in [0.1, 0.15) is 5.75 Å². The van der Waals surface area contributed by atoms with E-state index in [-0.39, 0.29) is 18.1 Å². The molecule has 2 atom stereocenters. The van der Waals surface area contributed by atoms with E-state index in [9.17, 15) is 4.79 Å². The predicted octanol–water partition coefficient (Wildman–Crippen LogP) is 2.42. The van der Waals surface area contributed by atoms with Crippen molar-refractivity contribution in [3.8, 4) is 5.75 Å². The molecule has 6 nitrogen and oxygen atoms in total. The Kier molecular flexibility index (Phi) is 5.62. The number of nitrogens with one attached hydrogen (secondary N) is 2. The maximum atomic E-state index is 12.1. The lowest BCUT2D eigenvalue weighted by Gasteiger charge is -2.18. The first-order valence-corrected chi connectivity index (χ1v) is 7.66.